The molecule has 0 saturated heterocycles. The lowest BCUT2D eigenvalue weighted by molar-refractivity contribution is 0.0363. The smallest absolute Gasteiger partial charge is 0.338 e. The number of carbonyl (C=O) groups excluding carboxylic acids is 1. The number of esters is 1. The van der Waals surface area contributed by atoms with Gasteiger partial charge in [0.25, 0.3) is 0 Å². The minimum Gasteiger partial charge on any atom is -0.458 e. The van der Waals surface area contributed by atoms with Crippen molar-refractivity contribution < 1.29 is 9.53 Å². The van der Waals surface area contributed by atoms with Gasteiger partial charge in [-0.15, -0.1) is 0 Å². The molecule has 1 spiro atoms. The Kier molecular flexibility index (Phi) is 2.21. The summed E-state index contributed by atoms with van der Waals surface area (Å²) < 4.78 is 5.74. The Morgan fingerprint density at radius 3 is 2.74 bits per heavy atom. The summed E-state index contributed by atoms with van der Waals surface area (Å²) in [6, 6.07) is 9.31. The zero-order valence-electron chi connectivity index (χ0n) is 11.1. The lowest BCUT2D eigenvalue weighted by Crippen LogP contribution is -2.24. The highest BCUT2D eigenvalue weighted by atomic mass is 16.6. The quantitative estimate of drug-likeness (QED) is 0.597. The summed E-state index contributed by atoms with van der Waals surface area (Å²) in [4.78, 5) is 12.1. The maximum atomic E-state index is 12.1. The van der Waals surface area contributed by atoms with E-state index in [1.54, 1.807) is 0 Å². The lowest BCUT2D eigenvalue weighted by Gasteiger charge is -2.25. The molecule has 2 nitrogen and oxygen atoms in total. The van der Waals surface area contributed by atoms with E-state index in [4.69, 9.17) is 4.74 Å². The number of fused-ring (bicyclic) bond motifs is 3. The maximum absolute atomic E-state index is 12.1. The van der Waals surface area contributed by atoms with Crippen LogP contribution in [0.15, 0.2) is 42.5 Å². The molecule has 1 aromatic rings. The molecule has 2 bridgehead atoms. The molecule has 3 aliphatic rings. The van der Waals surface area contributed by atoms with Gasteiger partial charge in [-0.2, -0.15) is 0 Å². The topological polar surface area (TPSA) is 26.3 Å². The highest BCUT2D eigenvalue weighted by Gasteiger charge is 2.69. The van der Waals surface area contributed by atoms with E-state index in [2.05, 4.69) is 19.1 Å². The van der Waals surface area contributed by atoms with Crippen molar-refractivity contribution in [2.75, 3.05) is 0 Å². The van der Waals surface area contributed by atoms with Gasteiger partial charge < -0.3 is 4.74 Å². The first kappa shape index (κ1) is 11.3. The molecule has 98 valence electrons. The Morgan fingerprint density at radius 2 is 2.05 bits per heavy atom. The van der Waals surface area contributed by atoms with E-state index in [1.807, 2.05) is 30.3 Å². The van der Waals surface area contributed by atoms with Crippen LogP contribution < -0.4 is 0 Å². The van der Waals surface area contributed by atoms with Gasteiger partial charge in [-0.25, -0.2) is 4.79 Å². The molecule has 2 heteroatoms. The van der Waals surface area contributed by atoms with Crippen molar-refractivity contribution in [1.82, 2.24) is 0 Å². The third-order valence-electron chi connectivity index (χ3n) is 5.53. The van der Waals surface area contributed by atoms with Gasteiger partial charge in [0.05, 0.1) is 5.56 Å². The average Bonchev–Trinajstić information content (AvgIpc) is 2.83. The molecule has 0 heterocycles. The van der Waals surface area contributed by atoms with E-state index in [-0.39, 0.29) is 17.5 Å². The van der Waals surface area contributed by atoms with Crippen molar-refractivity contribution in [3.05, 3.63) is 48.0 Å². The SMILES string of the molecule is C[C@H]1C2C=CC(C2)[C@]12C[C@@H]2OC(=O)c1ccccc1. The van der Waals surface area contributed by atoms with Gasteiger partial charge in [0, 0.05) is 5.41 Å². The molecule has 5 atom stereocenters. The number of rotatable bonds is 2. The molecule has 1 aromatic carbocycles. The van der Waals surface area contributed by atoms with Crippen molar-refractivity contribution >= 4 is 5.97 Å². The molecule has 0 radical (unpaired) electrons. The first-order chi connectivity index (χ1) is 9.22. The van der Waals surface area contributed by atoms with Crippen LogP contribution in [0.3, 0.4) is 0 Å². The number of benzene rings is 1. The van der Waals surface area contributed by atoms with Crippen molar-refractivity contribution in [2.45, 2.75) is 25.9 Å². The fraction of sp³-hybridized carbons (Fsp3) is 0.471. The summed E-state index contributed by atoms with van der Waals surface area (Å²) in [6.07, 6.45) is 7.16. The van der Waals surface area contributed by atoms with Crippen molar-refractivity contribution in [2.24, 2.45) is 23.2 Å². The number of hydrogen-bond acceptors (Lipinski definition) is 2. The average molecular weight is 254 g/mol. The van der Waals surface area contributed by atoms with Gasteiger partial charge >= 0.3 is 5.97 Å². The van der Waals surface area contributed by atoms with Crippen LogP contribution in [0.4, 0.5) is 0 Å². The second-order valence-electron chi connectivity index (χ2n) is 6.26. The Hall–Kier alpha value is -1.57. The largest absolute Gasteiger partial charge is 0.458 e. The van der Waals surface area contributed by atoms with Gasteiger partial charge in [0.15, 0.2) is 0 Å². The molecule has 2 fully saturated rings. The third kappa shape index (κ3) is 1.46. The van der Waals surface area contributed by atoms with Crippen LogP contribution in [0.2, 0.25) is 0 Å². The normalized spacial score (nSPS) is 41.7. The molecule has 0 amide bonds. The van der Waals surface area contributed by atoms with Gasteiger partial charge in [0.1, 0.15) is 6.10 Å². The molecule has 0 aliphatic heterocycles. The van der Waals surface area contributed by atoms with Crippen LogP contribution in [0.5, 0.6) is 0 Å². The van der Waals surface area contributed by atoms with E-state index >= 15 is 0 Å². The molecule has 2 saturated carbocycles. The van der Waals surface area contributed by atoms with E-state index < -0.39 is 0 Å². The van der Waals surface area contributed by atoms with Crippen molar-refractivity contribution in [3.63, 3.8) is 0 Å². The molecular weight excluding hydrogens is 236 g/mol. The van der Waals surface area contributed by atoms with Gasteiger partial charge in [0.2, 0.25) is 0 Å². The van der Waals surface area contributed by atoms with Gasteiger partial charge in [-0.3, -0.25) is 0 Å². The zero-order chi connectivity index (χ0) is 13.0. The molecule has 0 N–H and O–H groups in total. The summed E-state index contributed by atoms with van der Waals surface area (Å²) in [6.45, 7) is 2.32. The standard InChI is InChI=1S/C17H18O2/c1-11-13-7-8-14(9-13)17(11)10-15(17)19-16(18)12-5-3-2-4-6-12/h2-8,11,13-15H,9-10H2,1H3/t11-,13?,14?,15-,17-/m0/s1. The van der Waals surface area contributed by atoms with E-state index in [0.29, 0.717) is 23.3 Å². The molecular formula is C17H18O2. The maximum Gasteiger partial charge on any atom is 0.338 e. The van der Waals surface area contributed by atoms with Crippen LogP contribution in [0, 0.1) is 23.2 Å². The van der Waals surface area contributed by atoms with E-state index in [9.17, 15) is 4.79 Å². The first-order valence-corrected chi connectivity index (χ1v) is 7.16. The summed E-state index contributed by atoms with van der Waals surface area (Å²) in [5.41, 5.74) is 0.931. The molecule has 4 rings (SSSR count). The van der Waals surface area contributed by atoms with Crippen molar-refractivity contribution in [3.8, 4) is 0 Å². The van der Waals surface area contributed by atoms with Crippen molar-refractivity contribution in [1.29, 1.82) is 0 Å². The number of allylic oxidation sites excluding steroid dienone is 2. The highest BCUT2D eigenvalue weighted by Crippen LogP contribution is 2.70. The second-order valence-corrected chi connectivity index (χ2v) is 6.26. The Labute approximate surface area is 113 Å². The number of hydrogen-bond donors (Lipinski definition) is 0. The summed E-state index contributed by atoms with van der Waals surface area (Å²) in [5.74, 6) is 1.85. The second kappa shape index (κ2) is 3.72. The summed E-state index contributed by atoms with van der Waals surface area (Å²) in [5, 5.41) is 0. The molecule has 3 aliphatic carbocycles. The van der Waals surface area contributed by atoms with Crippen LogP contribution >= 0.6 is 0 Å². The third-order valence-corrected chi connectivity index (χ3v) is 5.53. The number of carbonyl (C=O) groups is 1. The van der Waals surface area contributed by atoms with Crippen LogP contribution in [-0.4, -0.2) is 12.1 Å². The fourth-order valence-electron chi connectivity index (χ4n) is 4.29. The molecule has 0 aromatic heterocycles. The Morgan fingerprint density at radius 1 is 1.26 bits per heavy atom. The fourth-order valence-corrected chi connectivity index (χ4v) is 4.29. The first-order valence-electron chi connectivity index (χ1n) is 7.16. The molecule has 19 heavy (non-hydrogen) atoms. The highest BCUT2D eigenvalue weighted by molar-refractivity contribution is 5.89. The van der Waals surface area contributed by atoms with Crippen LogP contribution in [0.1, 0.15) is 30.1 Å². The predicted octanol–water partition coefficient (Wildman–Crippen LogP) is 3.44. The monoisotopic (exact) mass is 254 g/mol. The Balaban J connectivity index is 1.50. The van der Waals surface area contributed by atoms with E-state index in [1.165, 1.54) is 6.42 Å². The minimum atomic E-state index is -0.165. The minimum absolute atomic E-state index is 0.134. The predicted molar refractivity (Wildman–Crippen MR) is 72.6 cm³/mol. The number of ether oxygens (including phenoxy) is 1. The zero-order valence-corrected chi connectivity index (χ0v) is 11.1. The Bertz CT molecular complexity index is 548. The lowest BCUT2D eigenvalue weighted by atomic mass is 9.81. The molecule has 2 unspecified atom stereocenters. The van der Waals surface area contributed by atoms with Gasteiger partial charge in [-0.05, 0) is 42.7 Å². The van der Waals surface area contributed by atoms with Crippen LogP contribution in [-0.2, 0) is 4.74 Å². The van der Waals surface area contributed by atoms with Gasteiger partial charge in [-0.1, -0.05) is 37.3 Å². The van der Waals surface area contributed by atoms with E-state index in [0.717, 1.165) is 6.42 Å². The summed E-state index contributed by atoms with van der Waals surface area (Å²) in [7, 11) is 0. The summed E-state index contributed by atoms with van der Waals surface area (Å²) >= 11 is 0. The van der Waals surface area contributed by atoms with Crippen LogP contribution in [0.25, 0.3) is 0 Å².